The summed E-state index contributed by atoms with van der Waals surface area (Å²) in [6, 6.07) is 2.11. The fourth-order valence-corrected chi connectivity index (χ4v) is 4.04. The van der Waals surface area contributed by atoms with E-state index in [1.807, 2.05) is 12.4 Å². The molecule has 3 rings (SSSR count). The van der Waals surface area contributed by atoms with Crippen LogP contribution >= 0.6 is 22.7 Å². The number of fused-ring (bicyclic) bond motifs is 1. The molecule has 0 bridgehead atoms. The van der Waals surface area contributed by atoms with Crippen molar-refractivity contribution < 1.29 is 4.74 Å². The molecular formula is C16H20N6OS2. The van der Waals surface area contributed by atoms with E-state index in [1.165, 1.54) is 4.88 Å². The number of rotatable bonds is 8. The number of anilines is 1. The van der Waals surface area contributed by atoms with Crippen LogP contribution in [0.3, 0.4) is 0 Å². The highest BCUT2D eigenvalue weighted by Crippen LogP contribution is 2.32. The Balaban J connectivity index is 1.75. The number of ether oxygens (including phenoxy) is 1. The highest BCUT2D eigenvalue weighted by molar-refractivity contribution is 7.18. The standard InChI is InChI=1S/C16H20N6OS2/c1-10(7-23-3)13-4-12-15(18-9-19-16(12)25-13)22-20-6-14-21-11(5-17-2)8-24-14/h4,6,8-10,17H,5,7H2,1-3H3,(H,18,19,22). The zero-order valence-electron chi connectivity index (χ0n) is 14.3. The van der Waals surface area contributed by atoms with Crippen LogP contribution in [0, 0.1) is 0 Å². The molecule has 3 aromatic heterocycles. The zero-order chi connectivity index (χ0) is 17.6. The quantitative estimate of drug-likeness (QED) is 0.464. The molecule has 9 heteroatoms. The second-order valence-electron chi connectivity index (χ2n) is 5.52. The van der Waals surface area contributed by atoms with E-state index in [0.29, 0.717) is 18.3 Å². The van der Waals surface area contributed by atoms with Gasteiger partial charge in [-0.1, -0.05) is 6.92 Å². The average Bonchev–Trinajstić information content (AvgIpc) is 3.23. The van der Waals surface area contributed by atoms with Crippen molar-refractivity contribution in [3.05, 3.63) is 33.4 Å². The van der Waals surface area contributed by atoms with Crippen molar-refractivity contribution in [1.29, 1.82) is 0 Å². The van der Waals surface area contributed by atoms with Crippen molar-refractivity contribution in [3.63, 3.8) is 0 Å². The van der Waals surface area contributed by atoms with Crippen LogP contribution in [-0.2, 0) is 11.3 Å². The fraction of sp³-hybridized carbons (Fsp3) is 0.375. The van der Waals surface area contributed by atoms with Gasteiger partial charge in [-0.3, -0.25) is 5.43 Å². The third-order valence-corrected chi connectivity index (χ3v) is 5.63. The molecule has 25 heavy (non-hydrogen) atoms. The van der Waals surface area contributed by atoms with Gasteiger partial charge in [-0.25, -0.2) is 15.0 Å². The van der Waals surface area contributed by atoms with Crippen molar-refractivity contribution in [2.45, 2.75) is 19.4 Å². The second-order valence-corrected chi connectivity index (χ2v) is 7.48. The zero-order valence-corrected chi connectivity index (χ0v) is 15.9. The molecule has 1 atom stereocenters. The lowest BCUT2D eigenvalue weighted by molar-refractivity contribution is 0.185. The number of hydrazone groups is 1. The Bertz CT molecular complexity index is 859. The fourth-order valence-electron chi connectivity index (χ4n) is 2.33. The van der Waals surface area contributed by atoms with Crippen LogP contribution < -0.4 is 10.7 Å². The molecule has 0 saturated carbocycles. The smallest absolute Gasteiger partial charge is 0.158 e. The molecule has 0 aliphatic rings. The number of aromatic nitrogens is 3. The molecular weight excluding hydrogens is 356 g/mol. The van der Waals surface area contributed by atoms with Gasteiger partial charge in [-0.05, 0) is 13.1 Å². The first-order chi connectivity index (χ1) is 12.2. The summed E-state index contributed by atoms with van der Waals surface area (Å²) >= 11 is 3.21. The molecule has 1 unspecified atom stereocenters. The van der Waals surface area contributed by atoms with Crippen LogP contribution in [0.5, 0.6) is 0 Å². The van der Waals surface area contributed by atoms with E-state index in [2.05, 4.69) is 43.8 Å². The Morgan fingerprint density at radius 1 is 1.40 bits per heavy atom. The third-order valence-electron chi connectivity index (χ3n) is 3.52. The summed E-state index contributed by atoms with van der Waals surface area (Å²) < 4.78 is 5.24. The minimum Gasteiger partial charge on any atom is -0.384 e. The number of methoxy groups -OCH3 is 1. The van der Waals surface area contributed by atoms with Gasteiger partial charge < -0.3 is 10.1 Å². The van der Waals surface area contributed by atoms with E-state index >= 15 is 0 Å². The van der Waals surface area contributed by atoms with Crippen LogP contribution in [0.2, 0.25) is 0 Å². The molecule has 2 N–H and O–H groups in total. The van der Waals surface area contributed by atoms with Crippen LogP contribution in [-0.4, -0.2) is 41.9 Å². The van der Waals surface area contributed by atoms with E-state index in [4.69, 9.17) is 4.74 Å². The lowest BCUT2D eigenvalue weighted by Gasteiger charge is -2.05. The highest BCUT2D eigenvalue weighted by atomic mass is 32.1. The van der Waals surface area contributed by atoms with Gasteiger partial charge in [0.15, 0.2) is 5.82 Å². The first kappa shape index (κ1) is 17.9. The summed E-state index contributed by atoms with van der Waals surface area (Å²) in [6.45, 7) is 3.57. The van der Waals surface area contributed by atoms with Crippen molar-refractivity contribution in [2.75, 3.05) is 26.2 Å². The van der Waals surface area contributed by atoms with Crippen LogP contribution in [0.1, 0.15) is 28.4 Å². The highest BCUT2D eigenvalue weighted by Gasteiger charge is 2.13. The molecule has 0 aliphatic carbocycles. The normalized spacial score (nSPS) is 12.9. The van der Waals surface area contributed by atoms with Crippen LogP contribution in [0.15, 0.2) is 22.9 Å². The van der Waals surface area contributed by atoms with Crippen LogP contribution in [0.25, 0.3) is 10.2 Å². The number of thiophene rings is 1. The molecule has 0 fully saturated rings. The Morgan fingerprint density at radius 2 is 2.28 bits per heavy atom. The number of thiazole rings is 1. The first-order valence-electron chi connectivity index (χ1n) is 7.82. The van der Waals surface area contributed by atoms with Gasteiger partial charge in [-0.2, -0.15) is 5.10 Å². The monoisotopic (exact) mass is 376 g/mol. The maximum Gasteiger partial charge on any atom is 0.158 e. The molecule has 0 radical (unpaired) electrons. The molecule has 3 aromatic rings. The molecule has 0 saturated heterocycles. The Labute approximate surface area is 154 Å². The first-order valence-corrected chi connectivity index (χ1v) is 9.52. The van der Waals surface area contributed by atoms with Gasteiger partial charge in [0, 0.05) is 29.8 Å². The van der Waals surface area contributed by atoms with Gasteiger partial charge in [0.1, 0.15) is 16.2 Å². The number of nitrogens with one attached hydrogen (secondary N) is 2. The summed E-state index contributed by atoms with van der Waals surface area (Å²) in [6.07, 6.45) is 3.26. The van der Waals surface area contributed by atoms with E-state index in [-0.39, 0.29) is 0 Å². The molecule has 0 amide bonds. The lowest BCUT2D eigenvalue weighted by Crippen LogP contribution is -2.05. The Morgan fingerprint density at radius 3 is 3.08 bits per heavy atom. The molecule has 7 nitrogen and oxygen atoms in total. The maximum absolute atomic E-state index is 5.24. The van der Waals surface area contributed by atoms with E-state index < -0.39 is 0 Å². The summed E-state index contributed by atoms with van der Waals surface area (Å²) in [7, 11) is 3.61. The third kappa shape index (κ3) is 4.37. The topological polar surface area (TPSA) is 84.3 Å². The summed E-state index contributed by atoms with van der Waals surface area (Å²) in [5.74, 6) is 1.02. The van der Waals surface area contributed by atoms with Crippen molar-refractivity contribution in [1.82, 2.24) is 20.3 Å². The van der Waals surface area contributed by atoms with E-state index in [9.17, 15) is 0 Å². The summed E-state index contributed by atoms with van der Waals surface area (Å²) in [5.41, 5.74) is 4.01. The Hall–Kier alpha value is -1.94. The largest absolute Gasteiger partial charge is 0.384 e. The number of nitrogens with zero attached hydrogens (tertiary/aromatic N) is 4. The van der Waals surface area contributed by atoms with Crippen LogP contribution in [0.4, 0.5) is 5.82 Å². The maximum atomic E-state index is 5.24. The molecule has 0 spiro atoms. The number of hydrogen-bond acceptors (Lipinski definition) is 9. The lowest BCUT2D eigenvalue weighted by atomic mass is 10.1. The van der Waals surface area contributed by atoms with Crippen molar-refractivity contribution in [3.8, 4) is 0 Å². The number of hydrogen-bond donors (Lipinski definition) is 2. The second kappa shape index (κ2) is 8.43. The predicted molar refractivity (Wildman–Crippen MR) is 104 cm³/mol. The molecule has 3 heterocycles. The van der Waals surface area contributed by atoms with Crippen molar-refractivity contribution >= 4 is 44.9 Å². The minimum absolute atomic E-state index is 0.321. The van der Waals surface area contributed by atoms with E-state index in [1.54, 1.807) is 42.3 Å². The van der Waals surface area contributed by atoms with Crippen molar-refractivity contribution in [2.24, 2.45) is 5.10 Å². The summed E-state index contributed by atoms with van der Waals surface area (Å²) in [4.78, 5) is 15.3. The molecule has 132 valence electrons. The Kier molecular flexibility index (Phi) is 6.03. The van der Waals surface area contributed by atoms with E-state index in [0.717, 1.165) is 27.5 Å². The SMILES string of the molecule is CNCc1csc(C=NNc2ncnc3sc(C(C)COC)cc23)n1. The summed E-state index contributed by atoms with van der Waals surface area (Å²) in [5, 5.41) is 11.2. The molecule has 0 aromatic carbocycles. The average molecular weight is 377 g/mol. The van der Waals surface area contributed by atoms with Gasteiger partial charge >= 0.3 is 0 Å². The van der Waals surface area contributed by atoms with Gasteiger partial charge in [0.05, 0.1) is 23.9 Å². The minimum atomic E-state index is 0.321. The van der Waals surface area contributed by atoms with Gasteiger partial charge in [0.2, 0.25) is 0 Å². The predicted octanol–water partition coefficient (Wildman–Crippen LogP) is 3.06. The van der Waals surface area contributed by atoms with Gasteiger partial charge in [-0.15, -0.1) is 22.7 Å². The molecule has 0 aliphatic heterocycles. The van der Waals surface area contributed by atoms with Gasteiger partial charge in [0.25, 0.3) is 0 Å².